The summed E-state index contributed by atoms with van der Waals surface area (Å²) in [5, 5.41) is 3.53. The Kier molecular flexibility index (Phi) is 2.08. The van der Waals surface area contributed by atoms with Crippen LogP contribution < -0.4 is 5.32 Å². The first-order chi connectivity index (χ1) is 6.20. The summed E-state index contributed by atoms with van der Waals surface area (Å²) < 4.78 is 0. The van der Waals surface area contributed by atoms with Gasteiger partial charge in [0.1, 0.15) is 0 Å². The van der Waals surface area contributed by atoms with Gasteiger partial charge in [0.15, 0.2) is 0 Å². The summed E-state index contributed by atoms with van der Waals surface area (Å²) in [5.74, 6) is 0. The third kappa shape index (κ3) is 2.07. The molecule has 1 saturated carbocycles. The molecule has 1 aromatic rings. The van der Waals surface area contributed by atoms with E-state index in [1.807, 2.05) is 12.3 Å². The molecule has 2 heteroatoms. The summed E-state index contributed by atoms with van der Waals surface area (Å²) in [6.45, 7) is 5.29. The molecule has 2 rings (SSSR count). The first kappa shape index (κ1) is 8.70. The van der Waals surface area contributed by atoms with Crippen molar-refractivity contribution < 1.29 is 0 Å². The van der Waals surface area contributed by atoms with Crippen molar-refractivity contribution in [3.63, 3.8) is 0 Å². The molecule has 1 fully saturated rings. The summed E-state index contributed by atoms with van der Waals surface area (Å²) in [6, 6.07) is 4.09. The number of pyridine rings is 1. The maximum absolute atomic E-state index is 4.35. The minimum atomic E-state index is 0.407. The van der Waals surface area contributed by atoms with E-state index in [1.165, 1.54) is 24.1 Å². The van der Waals surface area contributed by atoms with Gasteiger partial charge in [0, 0.05) is 18.3 Å². The predicted molar refractivity (Wildman–Crippen MR) is 53.5 cm³/mol. The van der Waals surface area contributed by atoms with Crippen LogP contribution in [-0.2, 0) is 6.54 Å². The fourth-order valence-electron chi connectivity index (χ4n) is 1.36. The molecule has 0 radical (unpaired) electrons. The van der Waals surface area contributed by atoms with Gasteiger partial charge in [0.25, 0.3) is 0 Å². The number of nitrogens with zero attached hydrogens (tertiary/aromatic N) is 1. The molecule has 1 aromatic heterocycles. The summed E-state index contributed by atoms with van der Waals surface area (Å²) >= 11 is 0. The molecular weight excluding hydrogens is 160 g/mol. The van der Waals surface area contributed by atoms with Gasteiger partial charge >= 0.3 is 0 Å². The zero-order valence-electron chi connectivity index (χ0n) is 8.30. The van der Waals surface area contributed by atoms with Crippen LogP contribution in [0, 0.1) is 6.92 Å². The fourth-order valence-corrected chi connectivity index (χ4v) is 1.36. The first-order valence-corrected chi connectivity index (χ1v) is 4.85. The van der Waals surface area contributed by atoms with Crippen molar-refractivity contribution in [1.82, 2.24) is 10.3 Å². The largest absolute Gasteiger partial charge is 0.306 e. The molecule has 0 bridgehead atoms. The van der Waals surface area contributed by atoms with Gasteiger partial charge < -0.3 is 5.32 Å². The Labute approximate surface area is 79.4 Å². The molecule has 0 spiro atoms. The summed E-state index contributed by atoms with van der Waals surface area (Å²) in [4.78, 5) is 4.35. The van der Waals surface area contributed by atoms with Crippen molar-refractivity contribution >= 4 is 0 Å². The molecule has 13 heavy (non-hydrogen) atoms. The van der Waals surface area contributed by atoms with E-state index in [0.717, 1.165) is 6.54 Å². The smallest absolute Gasteiger partial charge is 0.0570 e. The highest BCUT2D eigenvalue weighted by Gasteiger charge is 2.36. The van der Waals surface area contributed by atoms with Crippen molar-refractivity contribution in [1.29, 1.82) is 0 Å². The Hall–Kier alpha value is -0.890. The Balaban J connectivity index is 1.97. The lowest BCUT2D eigenvalue weighted by atomic mass is 10.2. The summed E-state index contributed by atoms with van der Waals surface area (Å²) in [5.41, 5.74) is 2.86. The highest BCUT2D eigenvalue weighted by atomic mass is 15.0. The van der Waals surface area contributed by atoms with Gasteiger partial charge in [-0.2, -0.15) is 0 Å². The van der Waals surface area contributed by atoms with Crippen LogP contribution in [0.15, 0.2) is 18.3 Å². The molecule has 2 nitrogen and oxygen atoms in total. The topological polar surface area (TPSA) is 24.9 Å². The summed E-state index contributed by atoms with van der Waals surface area (Å²) in [6.07, 6.45) is 4.47. The standard InChI is InChI=1S/C11H16N2/c1-9-4-3-7-12-10(9)8-13-11(2)5-6-11/h3-4,7,13H,5-6,8H2,1-2H3. The van der Waals surface area contributed by atoms with Crippen LogP contribution >= 0.6 is 0 Å². The number of rotatable bonds is 3. The van der Waals surface area contributed by atoms with Gasteiger partial charge in [-0.25, -0.2) is 0 Å². The lowest BCUT2D eigenvalue weighted by molar-refractivity contribution is 0.531. The molecule has 0 amide bonds. The molecular formula is C11H16N2. The number of aromatic nitrogens is 1. The van der Waals surface area contributed by atoms with E-state index in [4.69, 9.17) is 0 Å². The van der Waals surface area contributed by atoms with Crippen LogP contribution in [0.1, 0.15) is 31.0 Å². The number of hydrogen-bond acceptors (Lipinski definition) is 2. The molecule has 1 aliphatic carbocycles. The first-order valence-electron chi connectivity index (χ1n) is 4.85. The van der Waals surface area contributed by atoms with Gasteiger partial charge in [-0.05, 0) is 38.3 Å². The zero-order valence-corrected chi connectivity index (χ0v) is 8.30. The third-order valence-electron chi connectivity index (χ3n) is 2.80. The number of aryl methyl sites for hydroxylation is 1. The van der Waals surface area contributed by atoms with Gasteiger partial charge in [0.05, 0.1) is 5.69 Å². The van der Waals surface area contributed by atoms with E-state index in [0.29, 0.717) is 5.54 Å². The Morgan fingerprint density at radius 3 is 2.92 bits per heavy atom. The second-order valence-corrected chi connectivity index (χ2v) is 4.18. The van der Waals surface area contributed by atoms with Crippen molar-refractivity contribution in [2.75, 3.05) is 0 Å². The van der Waals surface area contributed by atoms with Gasteiger partial charge in [-0.15, -0.1) is 0 Å². The van der Waals surface area contributed by atoms with Crippen LogP contribution in [0.4, 0.5) is 0 Å². The van der Waals surface area contributed by atoms with Crippen molar-refractivity contribution in [3.05, 3.63) is 29.6 Å². The zero-order chi connectivity index (χ0) is 9.31. The maximum atomic E-state index is 4.35. The fraction of sp³-hybridized carbons (Fsp3) is 0.545. The van der Waals surface area contributed by atoms with Gasteiger partial charge in [0.2, 0.25) is 0 Å². The Bertz CT molecular complexity index is 303. The minimum Gasteiger partial charge on any atom is -0.306 e. The SMILES string of the molecule is Cc1cccnc1CNC1(C)CC1. The van der Waals surface area contributed by atoms with E-state index in [9.17, 15) is 0 Å². The molecule has 1 heterocycles. The van der Waals surface area contributed by atoms with E-state index in [-0.39, 0.29) is 0 Å². The second kappa shape index (κ2) is 3.11. The average molecular weight is 176 g/mol. The highest BCUT2D eigenvalue weighted by Crippen LogP contribution is 2.34. The van der Waals surface area contributed by atoms with Crippen molar-refractivity contribution in [2.45, 2.75) is 38.8 Å². The van der Waals surface area contributed by atoms with E-state index >= 15 is 0 Å². The van der Waals surface area contributed by atoms with Crippen molar-refractivity contribution in [2.24, 2.45) is 0 Å². The van der Waals surface area contributed by atoms with Gasteiger partial charge in [-0.3, -0.25) is 4.98 Å². The molecule has 0 unspecified atom stereocenters. The van der Waals surface area contributed by atoms with Crippen LogP contribution in [0.5, 0.6) is 0 Å². The molecule has 0 saturated heterocycles. The Morgan fingerprint density at radius 2 is 2.31 bits per heavy atom. The maximum Gasteiger partial charge on any atom is 0.0570 e. The quantitative estimate of drug-likeness (QED) is 0.762. The molecule has 0 aromatic carbocycles. The normalized spacial score (nSPS) is 18.6. The number of nitrogens with one attached hydrogen (secondary N) is 1. The van der Waals surface area contributed by atoms with Crippen LogP contribution in [0.25, 0.3) is 0 Å². The lowest BCUT2D eigenvalue weighted by Gasteiger charge is -2.11. The van der Waals surface area contributed by atoms with Gasteiger partial charge in [-0.1, -0.05) is 6.07 Å². The molecule has 1 N–H and O–H groups in total. The van der Waals surface area contributed by atoms with E-state index < -0.39 is 0 Å². The van der Waals surface area contributed by atoms with Crippen LogP contribution in [-0.4, -0.2) is 10.5 Å². The molecule has 1 aliphatic rings. The molecule has 0 aliphatic heterocycles. The van der Waals surface area contributed by atoms with E-state index in [2.05, 4.69) is 30.2 Å². The van der Waals surface area contributed by atoms with Crippen LogP contribution in [0.2, 0.25) is 0 Å². The third-order valence-corrected chi connectivity index (χ3v) is 2.80. The number of hydrogen-bond donors (Lipinski definition) is 1. The minimum absolute atomic E-state index is 0.407. The molecule has 70 valence electrons. The lowest BCUT2D eigenvalue weighted by Crippen LogP contribution is -2.27. The predicted octanol–water partition coefficient (Wildman–Crippen LogP) is 2.03. The average Bonchev–Trinajstić information content (AvgIpc) is 2.83. The molecule has 0 atom stereocenters. The monoisotopic (exact) mass is 176 g/mol. The summed E-state index contributed by atoms with van der Waals surface area (Å²) in [7, 11) is 0. The van der Waals surface area contributed by atoms with Crippen LogP contribution in [0.3, 0.4) is 0 Å². The highest BCUT2D eigenvalue weighted by molar-refractivity contribution is 5.18. The second-order valence-electron chi connectivity index (χ2n) is 4.18. The van der Waals surface area contributed by atoms with Crippen molar-refractivity contribution in [3.8, 4) is 0 Å². The van der Waals surface area contributed by atoms with E-state index in [1.54, 1.807) is 0 Å². The Morgan fingerprint density at radius 1 is 1.54 bits per heavy atom.